The first-order valence-corrected chi connectivity index (χ1v) is 7.15. The molecule has 2 amide bonds. The molecule has 0 bridgehead atoms. The van der Waals surface area contributed by atoms with Crippen LogP contribution in [-0.2, 0) is 9.59 Å². The summed E-state index contributed by atoms with van der Waals surface area (Å²) in [6, 6.07) is 0.178. The Labute approximate surface area is 121 Å². The topological polar surface area (TPSA) is 75.4 Å². The molecule has 2 rings (SSSR count). The first-order chi connectivity index (χ1) is 9.74. The van der Waals surface area contributed by atoms with Crippen LogP contribution in [0.1, 0.15) is 32.1 Å². The van der Waals surface area contributed by atoms with E-state index in [1.165, 1.54) is 0 Å². The zero-order valence-corrected chi connectivity index (χ0v) is 11.7. The number of carbonyl (C=O) groups is 2. The van der Waals surface area contributed by atoms with Gasteiger partial charge in [0.1, 0.15) is 6.54 Å². The van der Waals surface area contributed by atoms with Gasteiger partial charge in [0.25, 0.3) is 0 Å². The maximum absolute atomic E-state index is 12.3. The Balaban J connectivity index is 1.82. The van der Waals surface area contributed by atoms with E-state index >= 15 is 0 Å². The molecule has 1 heterocycles. The summed E-state index contributed by atoms with van der Waals surface area (Å²) < 4.78 is 36.9. The number of nitrogens with one attached hydrogen (secondary N) is 1. The van der Waals surface area contributed by atoms with Gasteiger partial charge in [-0.15, -0.1) is 0 Å². The number of likely N-dealkylation sites (tertiary alicyclic amines) is 1. The fraction of sp³-hybridized carbons (Fsp3) is 0.846. The van der Waals surface area contributed by atoms with Crippen LogP contribution >= 0.6 is 0 Å². The SMILES string of the molecule is NC1CCC(NC(=O)C2CC(=O)N(CC(F)(F)F)C2)CC1. The van der Waals surface area contributed by atoms with E-state index in [1.54, 1.807) is 0 Å². The van der Waals surface area contributed by atoms with Gasteiger partial charge in [0.2, 0.25) is 11.8 Å². The van der Waals surface area contributed by atoms with Crippen molar-refractivity contribution in [1.82, 2.24) is 10.2 Å². The summed E-state index contributed by atoms with van der Waals surface area (Å²) in [6.45, 7) is -1.44. The number of rotatable bonds is 3. The summed E-state index contributed by atoms with van der Waals surface area (Å²) in [6.07, 6.45) is -1.36. The molecule has 0 radical (unpaired) electrons. The number of amides is 2. The largest absolute Gasteiger partial charge is 0.406 e. The third-order valence-electron chi connectivity index (χ3n) is 4.07. The van der Waals surface area contributed by atoms with Crippen molar-refractivity contribution in [2.75, 3.05) is 13.1 Å². The number of halogens is 3. The Morgan fingerprint density at radius 2 is 1.90 bits per heavy atom. The molecule has 2 aliphatic rings. The average Bonchev–Trinajstić information content (AvgIpc) is 2.72. The Hall–Kier alpha value is -1.31. The molecule has 8 heteroatoms. The van der Waals surface area contributed by atoms with Crippen molar-refractivity contribution in [2.45, 2.75) is 50.4 Å². The summed E-state index contributed by atoms with van der Waals surface area (Å²) >= 11 is 0. The van der Waals surface area contributed by atoms with Crippen molar-refractivity contribution in [3.05, 3.63) is 0 Å². The lowest BCUT2D eigenvalue weighted by Crippen LogP contribution is -2.43. The molecule has 0 aromatic carbocycles. The lowest BCUT2D eigenvalue weighted by Gasteiger charge is -2.27. The minimum absolute atomic E-state index is 0.0177. The maximum Gasteiger partial charge on any atom is 0.406 e. The van der Waals surface area contributed by atoms with Crippen molar-refractivity contribution in [3.8, 4) is 0 Å². The molecule has 5 nitrogen and oxygen atoms in total. The lowest BCUT2D eigenvalue weighted by molar-refractivity contribution is -0.157. The molecule has 1 atom stereocenters. The summed E-state index contributed by atoms with van der Waals surface area (Å²) in [4.78, 5) is 24.3. The number of hydrogen-bond donors (Lipinski definition) is 2. The molecule has 21 heavy (non-hydrogen) atoms. The van der Waals surface area contributed by atoms with E-state index in [0.29, 0.717) is 4.90 Å². The monoisotopic (exact) mass is 307 g/mol. The highest BCUT2D eigenvalue weighted by atomic mass is 19.4. The van der Waals surface area contributed by atoms with E-state index in [1.807, 2.05) is 0 Å². The van der Waals surface area contributed by atoms with E-state index in [0.717, 1.165) is 25.7 Å². The Morgan fingerprint density at radius 1 is 1.29 bits per heavy atom. The molecule has 120 valence electrons. The van der Waals surface area contributed by atoms with E-state index in [-0.39, 0.29) is 31.0 Å². The van der Waals surface area contributed by atoms with Crippen LogP contribution in [-0.4, -0.2) is 48.1 Å². The highest BCUT2D eigenvalue weighted by Crippen LogP contribution is 2.25. The first kappa shape index (κ1) is 16.1. The van der Waals surface area contributed by atoms with Crippen LogP contribution in [0, 0.1) is 5.92 Å². The van der Waals surface area contributed by atoms with Crippen molar-refractivity contribution >= 4 is 11.8 Å². The molecule has 0 spiro atoms. The molecule has 1 aliphatic carbocycles. The molecule has 1 saturated heterocycles. The van der Waals surface area contributed by atoms with Crippen molar-refractivity contribution in [2.24, 2.45) is 11.7 Å². The number of nitrogens with zero attached hydrogens (tertiary/aromatic N) is 1. The van der Waals surface area contributed by atoms with Gasteiger partial charge in [0.15, 0.2) is 0 Å². The standard InChI is InChI=1S/C13H20F3N3O2/c14-13(15,16)7-19-6-8(5-11(19)20)12(21)18-10-3-1-9(17)2-4-10/h8-10H,1-7,17H2,(H,18,21). The zero-order chi connectivity index (χ0) is 15.6. The summed E-state index contributed by atoms with van der Waals surface area (Å²) in [5, 5.41) is 2.83. The van der Waals surface area contributed by atoms with E-state index in [9.17, 15) is 22.8 Å². The smallest absolute Gasteiger partial charge is 0.353 e. The molecular formula is C13H20F3N3O2. The van der Waals surface area contributed by atoms with Gasteiger partial charge >= 0.3 is 6.18 Å². The van der Waals surface area contributed by atoms with Gasteiger partial charge in [-0.2, -0.15) is 13.2 Å². The van der Waals surface area contributed by atoms with Crippen molar-refractivity contribution in [1.29, 1.82) is 0 Å². The number of hydrogen-bond acceptors (Lipinski definition) is 3. The molecule has 3 N–H and O–H groups in total. The first-order valence-electron chi connectivity index (χ1n) is 7.15. The van der Waals surface area contributed by atoms with Gasteiger partial charge in [-0.25, -0.2) is 0 Å². The van der Waals surface area contributed by atoms with Crippen LogP contribution in [0.3, 0.4) is 0 Å². The van der Waals surface area contributed by atoms with E-state index < -0.39 is 24.5 Å². The van der Waals surface area contributed by atoms with Crippen molar-refractivity contribution < 1.29 is 22.8 Å². The fourth-order valence-electron chi connectivity index (χ4n) is 2.90. The van der Waals surface area contributed by atoms with Gasteiger partial charge in [-0.1, -0.05) is 0 Å². The molecular weight excluding hydrogens is 287 g/mol. The Bertz CT molecular complexity index is 406. The lowest BCUT2D eigenvalue weighted by atomic mass is 9.91. The minimum atomic E-state index is -4.43. The van der Waals surface area contributed by atoms with Crippen LogP contribution in [0.2, 0.25) is 0 Å². The van der Waals surface area contributed by atoms with Crippen LogP contribution in [0.5, 0.6) is 0 Å². The predicted octanol–water partition coefficient (Wildman–Crippen LogP) is 0.783. The molecule has 1 unspecified atom stereocenters. The van der Waals surface area contributed by atoms with Gasteiger partial charge in [0.05, 0.1) is 5.92 Å². The normalized spacial score (nSPS) is 30.6. The molecule has 0 aromatic heterocycles. The van der Waals surface area contributed by atoms with E-state index in [4.69, 9.17) is 5.73 Å². The summed E-state index contributed by atoms with van der Waals surface area (Å²) in [5.41, 5.74) is 5.77. The average molecular weight is 307 g/mol. The maximum atomic E-state index is 12.3. The third-order valence-corrected chi connectivity index (χ3v) is 4.07. The van der Waals surface area contributed by atoms with Crippen LogP contribution < -0.4 is 11.1 Å². The predicted molar refractivity (Wildman–Crippen MR) is 69.1 cm³/mol. The third kappa shape index (κ3) is 4.59. The van der Waals surface area contributed by atoms with Gasteiger partial charge in [0, 0.05) is 25.0 Å². The van der Waals surface area contributed by atoms with Gasteiger partial charge in [-0.3, -0.25) is 9.59 Å². The second kappa shape index (κ2) is 6.21. The summed E-state index contributed by atoms with van der Waals surface area (Å²) in [7, 11) is 0. The molecule has 1 saturated carbocycles. The van der Waals surface area contributed by atoms with Crippen LogP contribution in [0.25, 0.3) is 0 Å². The van der Waals surface area contributed by atoms with Gasteiger partial charge < -0.3 is 16.0 Å². The Morgan fingerprint density at radius 3 is 2.48 bits per heavy atom. The quantitative estimate of drug-likeness (QED) is 0.809. The van der Waals surface area contributed by atoms with Crippen molar-refractivity contribution in [3.63, 3.8) is 0 Å². The minimum Gasteiger partial charge on any atom is -0.353 e. The van der Waals surface area contributed by atoms with Gasteiger partial charge in [-0.05, 0) is 25.7 Å². The second-order valence-electron chi connectivity index (χ2n) is 5.91. The number of nitrogens with two attached hydrogens (primary N) is 1. The zero-order valence-electron chi connectivity index (χ0n) is 11.7. The van der Waals surface area contributed by atoms with E-state index in [2.05, 4.69) is 5.32 Å². The highest BCUT2D eigenvalue weighted by Gasteiger charge is 2.40. The highest BCUT2D eigenvalue weighted by molar-refractivity contribution is 5.89. The second-order valence-corrected chi connectivity index (χ2v) is 5.91. The molecule has 1 aliphatic heterocycles. The number of carbonyl (C=O) groups excluding carboxylic acids is 2. The van der Waals surface area contributed by atoms with Crippen LogP contribution in [0.4, 0.5) is 13.2 Å². The molecule has 0 aromatic rings. The Kier molecular flexibility index (Phi) is 4.75. The molecule has 2 fully saturated rings. The fourth-order valence-corrected chi connectivity index (χ4v) is 2.90. The number of alkyl halides is 3. The summed E-state index contributed by atoms with van der Waals surface area (Å²) in [5.74, 6) is -1.62. The van der Waals surface area contributed by atoms with Crippen LogP contribution in [0.15, 0.2) is 0 Å².